The van der Waals surface area contributed by atoms with Crippen molar-refractivity contribution in [1.82, 2.24) is 5.32 Å². The highest BCUT2D eigenvalue weighted by Crippen LogP contribution is 2.38. The summed E-state index contributed by atoms with van der Waals surface area (Å²) in [6, 6.07) is 6.23. The Balaban J connectivity index is 2.21. The molecule has 4 heteroatoms. The van der Waals surface area contributed by atoms with Crippen LogP contribution in [-0.2, 0) is 11.2 Å². The summed E-state index contributed by atoms with van der Waals surface area (Å²) in [7, 11) is 1.91. The number of para-hydroxylation sites is 1. The summed E-state index contributed by atoms with van der Waals surface area (Å²) >= 11 is 1.68. The highest BCUT2D eigenvalue weighted by molar-refractivity contribution is 8.01. The molecule has 0 radical (unpaired) electrons. The first kappa shape index (κ1) is 12.5. The maximum atomic E-state index is 12.0. The molecule has 1 heterocycles. The zero-order valence-corrected chi connectivity index (χ0v) is 11.1. The summed E-state index contributed by atoms with van der Waals surface area (Å²) in [5.41, 5.74) is 2.24. The van der Waals surface area contributed by atoms with Crippen molar-refractivity contribution in [2.45, 2.75) is 29.9 Å². The van der Waals surface area contributed by atoms with Crippen LogP contribution in [0.15, 0.2) is 23.1 Å². The third-order valence-electron chi connectivity index (χ3n) is 2.96. The molecule has 3 nitrogen and oxygen atoms in total. The van der Waals surface area contributed by atoms with E-state index in [2.05, 4.69) is 35.8 Å². The minimum absolute atomic E-state index is 0.0297. The fourth-order valence-electron chi connectivity index (χ4n) is 1.99. The first-order valence-corrected chi connectivity index (χ1v) is 6.88. The van der Waals surface area contributed by atoms with E-state index < -0.39 is 0 Å². The van der Waals surface area contributed by atoms with Crippen LogP contribution in [0.25, 0.3) is 0 Å². The average molecular weight is 250 g/mol. The number of rotatable bonds is 4. The fraction of sp³-hybridized carbons (Fsp3) is 0.462. The number of carbonyl (C=O) groups excluding carboxylic acids is 1. The van der Waals surface area contributed by atoms with Gasteiger partial charge in [0.1, 0.15) is 0 Å². The van der Waals surface area contributed by atoms with Crippen LogP contribution in [0.3, 0.4) is 0 Å². The molecule has 1 amide bonds. The zero-order chi connectivity index (χ0) is 12.3. The SMILES string of the molecule is CCc1cccc2c1NC(=O)C(CCNC)S2. The lowest BCUT2D eigenvalue weighted by atomic mass is 10.1. The first-order chi connectivity index (χ1) is 8.26. The van der Waals surface area contributed by atoms with Crippen molar-refractivity contribution >= 4 is 23.4 Å². The predicted octanol–water partition coefficient (Wildman–Crippen LogP) is 2.27. The molecule has 2 rings (SSSR count). The lowest BCUT2D eigenvalue weighted by molar-refractivity contribution is -0.115. The number of benzene rings is 1. The molecule has 17 heavy (non-hydrogen) atoms. The van der Waals surface area contributed by atoms with E-state index in [1.54, 1.807) is 11.8 Å². The van der Waals surface area contributed by atoms with E-state index in [4.69, 9.17) is 0 Å². The van der Waals surface area contributed by atoms with Crippen LogP contribution in [0.4, 0.5) is 5.69 Å². The monoisotopic (exact) mass is 250 g/mol. The number of nitrogens with one attached hydrogen (secondary N) is 2. The summed E-state index contributed by atoms with van der Waals surface area (Å²) in [4.78, 5) is 13.2. The van der Waals surface area contributed by atoms with Crippen LogP contribution in [0.2, 0.25) is 0 Å². The van der Waals surface area contributed by atoms with Gasteiger partial charge in [-0.2, -0.15) is 0 Å². The molecule has 1 aliphatic heterocycles. The van der Waals surface area contributed by atoms with Crippen molar-refractivity contribution in [3.8, 4) is 0 Å². The molecule has 1 atom stereocenters. The van der Waals surface area contributed by atoms with Gasteiger partial charge in [-0.1, -0.05) is 19.1 Å². The van der Waals surface area contributed by atoms with Gasteiger partial charge in [-0.3, -0.25) is 4.79 Å². The summed E-state index contributed by atoms with van der Waals surface area (Å²) in [5.74, 6) is 0.138. The van der Waals surface area contributed by atoms with E-state index in [0.29, 0.717) is 0 Å². The van der Waals surface area contributed by atoms with Gasteiger partial charge in [0.25, 0.3) is 0 Å². The summed E-state index contributed by atoms with van der Waals surface area (Å²) in [6.45, 7) is 2.98. The molecular weight excluding hydrogens is 232 g/mol. The minimum atomic E-state index is 0.0297. The number of aryl methyl sites for hydroxylation is 1. The number of hydrogen-bond donors (Lipinski definition) is 2. The van der Waals surface area contributed by atoms with E-state index >= 15 is 0 Å². The highest BCUT2D eigenvalue weighted by Gasteiger charge is 2.27. The van der Waals surface area contributed by atoms with Crippen molar-refractivity contribution in [2.24, 2.45) is 0 Å². The molecule has 0 fully saturated rings. The fourth-order valence-corrected chi connectivity index (χ4v) is 3.15. The van der Waals surface area contributed by atoms with Crippen LogP contribution < -0.4 is 10.6 Å². The Hall–Kier alpha value is -1.000. The Bertz CT molecular complexity index is 420. The zero-order valence-electron chi connectivity index (χ0n) is 10.2. The van der Waals surface area contributed by atoms with Crippen molar-refractivity contribution in [2.75, 3.05) is 18.9 Å². The van der Waals surface area contributed by atoms with Gasteiger partial charge in [-0.25, -0.2) is 0 Å². The Labute approximate surface area is 106 Å². The molecule has 1 aliphatic rings. The van der Waals surface area contributed by atoms with E-state index in [0.717, 1.165) is 25.1 Å². The van der Waals surface area contributed by atoms with Crippen LogP contribution in [-0.4, -0.2) is 24.7 Å². The number of thioether (sulfide) groups is 1. The van der Waals surface area contributed by atoms with E-state index in [1.165, 1.54) is 10.5 Å². The lowest BCUT2D eigenvalue weighted by Gasteiger charge is -2.25. The van der Waals surface area contributed by atoms with Crippen LogP contribution in [0.1, 0.15) is 18.9 Å². The quantitative estimate of drug-likeness (QED) is 0.861. The summed E-state index contributed by atoms with van der Waals surface area (Å²) in [5, 5.41) is 6.17. The molecule has 0 aliphatic carbocycles. The van der Waals surface area contributed by atoms with Gasteiger partial charge in [-0.05, 0) is 38.1 Å². The van der Waals surface area contributed by atoms with Crippen molar-refractivity contribution in [3.63, 3.8) is 0 Å². The second-order valence-corrected chi connectivity index (χ2v) is 5.38. The van der Waals surface area contributed by atoms with E-state index in [1.807, 2.05) is 7.05 Å². The maximum absolute atomic E-state index is 12.0. The van der Waals surface area contributed by atoms with Gasteiger partial charge in [0, 0.05) is 4.90 Å². The van der Waals surface area contributed by atoms with E-state index in [9.17, 15) is 4.79 Å². The molecule has 92 valence electrons. The van der Waals surface area contributed by atoms with Crippen molar-refractivity contribution in [3.05, 3.63) is 23.8 Å². The van der Waals surface area contributed by atoms with Crippen LogP contribution in [0.5, 0.6) is 0 Å². The number of fused-ring (bicyclic) bond motifs is 1. The van der Waals surface area contributed by atoms with Gasteiger partial charge >= 0.3 is 0 Å². The Morgan fingerprint density at radius 1 is 1.47 bits per heavy atom. The van der Waals surface area contributed by atoms with Gasteiger partial charge in [0.15, 0.2) is 0 Å². The highest BCUT2D eigenvalue weighted by atomic mass is 32.2. The molecule has 2 N–H and O–H groups in total. The van der Waals surface area contributed by atoms with Gasteiger partial charge in [0.05, 0.1) is 10.9 Å². The number of hydrogen-bond acceptors (Lipinski definition) is 3. The molecule has 0 spiro atoms. The molecular formula is C13H18N2OS. The Morgan fingerprint density at radius 3 is 3.00 bits per heavy atom. The van der Waals surface area contributed by atoms with Gasteiger partial charge in [-0.15, -0.1) is 11.8 Å². The van der Waals surface area contributed by atoms with Crippen LogP contribution in [0, 0.1) is 0 Å². The molecule has 0 saturated heterocycles. The number of anilines is 1. The second kappa shape index (κ2) is 5.56. The van der Waals surface area contributed by atoms with Crippen molar-refractivity contribution in [1.29, 1.82) is 0 Å². The van der Waals surface area contributed by atoms with E-state index in [-0.39, 0.29) is 11.2 Å². The standard InChI is InChI=1S/C13H18N2OS/c1-3-9-5-4-6-10-12(9)15-13(16)11(17-10)7-8-14-2/h4-6,11,14H,3,7-8H2,1-2H3,(H,15,16). The molecule has 1 aromatic carbocycles. The molecule has 1 unspecified atom stereocenters. The second-order valence-electron chi connectivity index (χ2n) is 4.13. The topological polar surface area (TPSA) is 41.1 Å². The number of carbonyl (C=O) groups is 1. The largest absolute Gasteiger partial charge is 0.324 e. The molecule has 0 saturated carbocycles. The Morgan fingerprint density at radius 2 is 2.29 bits per heavy atom. The third-order valence-corrected chi connectivity index (χ3v) is 4.29. The van der Waals surface area contributed by atoms with Gasteiger partial charge in [0.2, 0.25) is 5.91 Å². The maximum Gasteiger partial charge on any atom is 0.237 e. The summed E-state index contributed by atoms with van der Waals surface area (Å²) in [6.07, 6.45) is 1.81. The summed E-state index contributed by atoms with van der Waals surface area (Å²) < 4.78 is 0. The number of amides is 1. The van der Waals surface area contributed by atoms with Crippen LogP contribution >= 0.6 is 11.8 Å². The lowest BCUT2D eigenvalue weighted by Crippen LogP contribution is -2.31. The smallest absolute Gasteiger partial charge is 0.237 e. The predicted molar refractivity (Wildman–Crippen MR) is 72.6 cm³/mol. The average Bonchev–Trinajstić information content (AvgIpc) is 2.35. The molecule has 0 aromatic heterocycles. The van der Waals surface area contributed by atoms with Crippen molar-refractivity contribution < 1.29 is 4.79 Å². The third kappa shape index (κ3) is 2.64. The normalized spacial score (nSPS) is 18.7. The minimum Gasteiger partial charge on any atom is -0.324 e. The molecule has 1 aromatic rings. The molecule has 0 bridgehead atoms. The van der Waals surface area contributed by atoms with Gasteiger partial charge < -0.3 is 10.6 Å². The Kier molecular flexibility index (Phi) is 4.07. The first-order valence-electron chi connectivity index (χ1n) is 6.00.